The van der Waals surface area contributed by atoms with E-state index in [1.807, 2.05) is 0 Å². The summed E-state index contributed by atoms with van der Waals surface area (Å²) in [5, 5.41) is 3.63. The van der Waals surface area contributed by atoms with Gasteiger partial charge in [0, 0.05) is 6.04 Å². The molecular weight excluding hydrogens is 198 g/mol. The second kappa shape index (κ2) is 8.04. The Kier molecular flexibility index (Phi) is 7.01. The maximum absolute atomic E-state index is 3.63. The van der Waals surface area contributed by atoms with Gasteiger partial charge in [0.05, 0.1) is 0 Å². The van der Waals surface area contributed by atoms with E-state index in [4.69, 9.17) is 0 Å². The average Bonchev–Trinajstić information content (AvgIpc) is 2.21. The highest BCUT2D eigenvalue weighted by Gasteiger charge is 2.12. The molecule has 3 nitrogen and oxygen atoms in total. The number of hydrogen-bond acceptors (Lipinski definition) is 3. The second-order valence-electron chi connectivity index (χ2n) is 5.20. The van der Waals surface area contributed by atoms with E-state index < -0.39 is 0 Å². The van der Waals surface area contributed by atoms with Crippen LogP contribution in [0.3, 0.4) is 0 Å². The molecule has 1 aliphatic heterocycles. The molecule has 1 N–H and O–H groups in total. The van der Waals surface area contributed by atoms with Gasteiger partial charge in [-0.05, 0) is 72.5 Å². The summed E-state index contributed by atoms with van der Waals surface area (Å²) in [5.74, 6) is 0. The van der Waals surface area contributed by atoms with Crippen molar-refractivity contribution in [1.29, 1.82) is 0 Å². The molecule has 1 fully saturated rings. The number of nitrogens with one attached hydrogen (secondary N) is 1. The van der Waals surface area contributed by atoms with E-state index in [1.165, 1.54) is 58.4 Å². The van der Waals surface area contributed by atoms with E-state index in [2.05, 4.69) is 36.1 Å². The lowest BCUT2D eigenvalue weighted by atomic mass is 10.1. The molecule has 1 atom stereocenters. The van der Waals surface area contributed by atoms with Crippen molar-refractivity contribution in [1.82, 2.24) is 15.1 Å². The predicted octanol–water partition coefficient (Wildman–Crippen LogP) is 1.40. The zero-order chi connectivity index (χ0) is 11.8. The van der Waals surface area contributed by atoms with Crippen LogP contribution in [0, 0.1) is 0 Å². The minimum Gasteiger partial charge on any atom is -0.314 e. The summed E-state index contributed by atoms with van der Waals surface area (Å²) in [7, 11) is 4.31. The predicted molar refractivity (Wildman–Crippen MR) is 70.9 cm³/mol. The van der Waals surface area contributed by atoms with E-state index in [0.717, 1.165) is 6.04 Å². The molecule has 96 valence electrons. The van der Waals surface area contributed by atoms with Crippen LogP contribution in [0.2, 0.25) is 0 Å². The smallest absolute Gasteiger partial charge is 0.00766 e. The summed E-state index contributed by atoms with van der Waals surface area (Å²) in [6.07, 6.45) is 5.19. The molecular formula is C13H29N3. The molecule has 0 aromatic rings. The first-order valence-corrected chi connectivity index (χ1v) is 6.83. The Morgan fingerprint density at radius 2 is 2.12 bits per heavy atom. The van der Waals surface area contributed by atoms with Gasteiger partial charge in [-0.25, -0.2) is 0 Å². The summed E-state index contributed by atoms with van der Waals surface area (Å²) in [6, 6.07) is 0.747. The van der Waals surface area contributed by atoms with Crippen LogP contribution in [0.5, 0.6) is 0 Å². The monoisotopic (exact) mass is 227 g/mol. The SMILES string of the molecule is CCC1CCN(CCCN(C)C)CCCN1. The van der Waals surface area contributed by atoms with E-state index in [1.54, 1.807) is 0 Å². The molecule has 16 heavy (non-hydrogen) atoms. The van der Waals surface area contributed by atoms with Crippen LogP contribution in [0.4, 0.5) is 0 Å². The van der Waals surface area contributed by atoms with Crippen LogP contribution >= 0.6 is 0 Å². The van der Waals surface area contributed by atoms with E-state index in [-0.39, 0.29) is 0 Å². The molecule has 0 aromatic carbocycles. The van der Waals surface area contributed by atoms with Gasteiger partial charge in [-0.15, -0.1) is 0 Å². The summed E-state index contributed by atoms with van der Waals surface area (Å²) in [4.78, 5) is 4.92. The Balaban J connectivity index is 2.19. The first kappa shape index (κ1) is 13.9. The van der Waals surface area contributed by atoms with Crippen molar-refractivity contribution in [2.24, 2.45) is 0 Å². The van der Waals surface area contributed by atoms with E-state index in [9.17, 15) is 0 Å². The van der Waals surface area contributed by atoms with Crippen LogP contribution in [0.1, 0.15) is 32.6 Å². The van der Waals surface area contributed by atoms with Crippen molar-refractivity contribution < 1.29 is 0 Å². The zero-order valence-corrected chi connectivity index (χ0v) is 11.3. The van der Waals surface area contributed by atoms with Gasteiger partial charge in [-0.3, -0.25) is 0 Å². The molecule has 0 saturated carbocycles. The Morgan fingerprint density at radius 3 is 2.81 bits per heavy atom. The minimum atomic E-state index is 0.747. The Labute approximate surface area is 101 Å². The summed E-state index contributed by atoms with van der Waals surface area (Å²) >= 11 is 0. The van der Waals surface area contributed by atoms with Gasteiger partial charge >= 0.3 is 0 Å². The maximum atomic E-state index is 3.63. The third-order valence-corrected chi connectivity index (χ3v) is 3.45. The fourth-order valence-corrected chi connectivity index (χ4v) is 2.34. The lowest BCUT2D eigenvalue weighted by Gasteiger charge is -2.29. The minimum absolute atomic E-state index is 0.747. The zero-order valence-electron chi connectivity index (χ0n) is 11.3. The number of nitrogens with zero attached hydrogens (tertiary/aromatic N) is 2. The molecule has 0 radical (unpaired) electrons. The van der Waals surface area contributed by atoms with Gasteiger partial charge < -0.3 is 15.1 Å². The maximum Gasteiger partial charge on any atom is 0.00766 e. The third-order valence-electron chi connectivity index (χ3n) is 3.45. The van der Waals surface area contributed by atoms with Crippen molar-refractivity contribution >= 4 is 0 Å². The highest BCUT2D eigenvalue weighted by atomic mass is 15.1. The van der Waals surface area contributed by atoms with Crippen LogP contribution in [0.25, 0.3) is 0 Å². The Bertz CT molecular complexity index is 171. The standard InChI is InChI=1S/C13H29N3/c1-4-13-7-12-16(10-5-8-14-13)11-6-9-15(2)3/h13-14H,4-12H2,1-3H3. The van der Waals surface area contributed by atoms with Gasteiger partial charge in [0.2, 0.25) is 0 Å². The molecule has 1 heterocycles. The highest BCUT2D eigenvalue weighted by Crippen LogP contribution is 2.05. The van der Waals surface area contributed by atoms with Crippen molar-refractivity contribution in [3.05, 3.63) is 0 Å². The molecule has 0 spiro atoms. The summed E-state index contributed by atoms with van der Waals surface area (Å²) in [5.41, 5.74) is 0. The topological polar surface area (TPSA) is 18.5 Å². The fourth-order valence-electron chi connectivity index (χ4n) is 2.34. The largest absolute Gasteiger partial charge is 0.314 e. The van der Waals surface area contributed by atoms with Gasteiger partial charge in [-0.2, -0.15) is 0 Å². The molecule has 0 amide bonds. The van der Waals surface area contributed by atoms with Crippen LogP contribution < -0.4 is 5.32 Å². The molecule has 1 unspecified atom stereocenters. The average molecular weight is 227 g/mol. The normalized spacial score (nSPS) is 24.4. The van der Waals surface area contributed by atoms with Gasteiger partial charge in [0.1, 0.15) is 0 Å². The lowest BCUT2D eigenvalue weighted by molar-refractivity contribution is 0.220. The number of rotatable bonds is 5. The lowest BCUT2D eigenvalue weighted by Crippen LogP contribution is -2.40. The second-order valence-corrected chi connectivity index (χ2v) is 5.20. The highest BCUT2D eigenvalue weighted by molar-refractivity contribution is 4.72. The summed E-state index contributed by atoms with van der Waals surface area (Å²) in [6.45, 7) is 8.52. The van der Waals surface area contributed by atoms with E-state index in [0.29, 0.717) is 0 Å². The fraction of sp³-hybridized carbons (Fsp3) is 1.00. The molecule has 0 aliphatic carbocycles. The molecule has 0 bridgehead atoms. The number of hydrogen-bond donors (Lipinski definition) is 1. The van der Waals surface area contributed by atoms with Crippen molar-refractivity contribution in [3.63, 3.8) is 0 Å². The first-order chi connectivity index (χ1) is 7.72. The molecule has 0 aromatic heterocycles. The quantitative estimate of drug-likeness (QED) is 0.766. The van der Waals surface area contributed by atoms with Crippen molar-refractivity contribution in [3.8, 4) is 0 Å². The molecule has 3 heteroatoms. The molecule has 1 aliphatic rings. The van der Waals surface area contributed by atoms with Crippen LogP contribution in [0.15, 0.2) is 0 Å². The summed E-state index contributed by atoms with van der Waals surface area (Å²) < 4.78 is 0. The third kappa shape index (κ3) is 5.83. The van der Waals surface area contributed by atoms with Crippen LogP contribution in [-0.2, 0) is 0 Å². The van der Waals surface area contributed by atoms with Crippen molar-refractivity contribution in [2.75, 3.05) is 46.8 Å². The molecule has 1 rings (SSSR count). The first-order valence-electron chi connectivity index (χ1n) is 6.83. The Hall–Kier alpha value is -0.120. The van der Waals surface area contributed by atoms with Gasteiger partial charge in [0.25, 0.3) is 0 Å². The Morgan fingerprint density at radius 1 is 1.31 bits per heavy atom. The van der Waals surface area contributed by atoms with Gasteiger partial charge in [0.15, 0.2) is 0 Å². The van der Waals surface area contributed by atoms with E-state index >= 15 is 0 Å². The van der Waals surface area contributed by atoms with Gasteiger partial charge in [-0.1, -0.05) is 6.92 Å². The van der Waals surface area contributed by atoms with Crippen LogP contribution in [-0.4, -0.2) is 62.7 Å². The molecule has 1 saturated heterocycles. The van der Waals surface area contributed by atoms with Crippen molar-refractivity contribution in [2.45, 2.75) is 38.6 Å².